The third-order valence-electron chi connectivity index (χ3n) is 4.09. The van der Waals surface area contributed by atoms with E-state index in [2.05, 4.69) is 19.2 Å². The van der Waals surface area contributed by atoms with Gasteiger partial charge in [-0.1, -0.05) is 44.2 Å². The second kappa shape index (κ2) is 11.5. The van der Waals surface area contributed by atoms with Gasteiger partial charge in [0.05, 0.1) is 13.7 Å². The second-order valence-corrected chi connectivity index (χ2v) is 6.62. The molecule has 0 aliphatic rings. The Kier molecular flexibility index (Phi) is 9.68. The Balaban J connectivity index is 0.00000364. The predicted molar refractivity (Wildman–Crippen MR) is 111 cm³/mol. The van der Waals surface area contributed by atoms with Gasteiger partial charge in [0.2, 0.25) is 0 Å². The number of methoxy groups -OCH3 is 1. The van der Waals surface area contributed by atoms with Crippen LogP contribution in [0.25, 0.3) is 0 Å². The molecule has 0 saturated heterocycles. The van der Waals surface area contributed by atoms with Crippen molar-refractivity contribution in [2.75, 3.05) is 20.3 Å². The first-order valence-electron chi connectivity index (χ1n) is 8.90. The Morgan fingerprint density at radius 2 is 1.81 bits per heavy atom. The lowest BCUT2D eigenvalue weighted by atomic mass is 10.1. The molecule has 148 valence electrons. The monoisotopic (exact) mass is 392 g/mol. The molecule has 27 heavy (non-hydrogen) atoms. The molecule has 2 aromatic rings. The lowest BCUT2D eigenvalue weighted by Gasteiger charge is -2.15. The van der Waals surface area contributed by atoms with Crippen LogP contribution in [0.4, 0.5) is 0 Å². The smallest absolute Gasteiger partial charge is 0.251 e. The molecule has 2 aromatic carbocycles. The van der Waals surface area contributed by atoms with Crippen molar-refractivity contribution in [3.8, 4) is 11.5 Å². The SMILES string of the molecule is COc1cc(C(=O)NCC(N)c2ccccc2)ccc1OCCC(C)C.Cl. The summed E-state index contributed by atoms with van der Waals surface area (Å²) in [4.78, 5) is 12.4. The summed E-state index contributed by atoms with van der Waals surface area (Å²) in [7, 11) is 1.57. The van der Waals surface area contributed by atoms with Crippen LogP contribution in [0.5, 0.6) is 11.5 Å². The van der Waals surface area contributed by atoms with Gasteiger partial charge in [0.25, 0.3) is 5.91 Å². The zero-order valence-corrected chi connectivity index (χ0v) is 16.9. The van der Waals surface area contributed by atoms with E-state index in [0.29, 0.717) is 36.1 Å². The standard InChI is InChI=1S/C21H28N2O3.ClH/c1-15(2)11-12-26-19-10-9-17(13-20(19)25-3)21(24)23-14-18(22)16-7-5-4-6-8-16;/h4-10,13,15,18H,11-12,14,22H2,1-3H3,(H,23,24);1H. The van der Waals surface area contributed by atoms with Crippen LogP contribution in [0.3, 0.4) is 0 Å². The number of ether oxygens (including phenoxy) is 2. The number of nitrogens with two attached hydrogens (primary N) is 1. The fraction of sp³-hybridized carbons (Fsp3) is 0.381. The Bertz CT molecular complexity index is 708. The zero-order valence-electron chi connectivity index (χ0n) is 16.1. The van der Waals surface area contributed by atoms with E-state index < -0.39 is 0 Å². The Morgan fingerprint density at radius 1 is 1.11 bits per heavy atom. The van der Waals surface area contributed by atoms with Crippen molar-refractivity contribution in [1.82, 2.24) is 5.32 Å². The van der Waals surface area contributed by atoms with Crippen LogP contribution in [0.15, 0.2) is 48.5 Å². The average Bonchev–Trinajstić information content (AvgIpc) is 2.66. The maximum atomic E-state index is 12.4. The lowest BCUT2D eigenvalue weighted by Crippen LogP contribution is -2.31. The average molecular weight is 393 g/mol. The van der Waals surface area contributed by atoms with Crippen molar-refractivity contribution in [2.45, 2.75) is 26.3 Å². The van der Waals surface area contributed by atoms with Gasteiger partial charge in [-0.2, -0.15) is 0 Å². The van der Waals surface area contributed by atoms with Gasteiger partial charge in [-0.25, -0.2) is 0 Å². The number of rotatable bonds is 9. The van der Waals surface area contributed by atoms with Crippen LogP contribution in [0, 0.1) is 5.92 Å². The summed E-state index contributed by atoms with van der Waals surface area (Å²) < 4.78 is 11.1. The van der Waals surface area contributed by atoms with E-state index in [0.717, 1.165) is 12.0 Å². The van der Waals surface area contributed by atoms with Crippen LogP contribution >= 0.6 is 12.4 Å². The number of amides is 1. The normalized spacial score (nSPS) is 11.4. The van der Waals surface area contributed by atoms with Crippen LogP contribution in [0.2, 0.25) is 0 Å². The third kappa shape index (κ3) is 7.12. The number of carbonyl (C=O) groups is 1. The van der Waals surface area contributed by atoms with Crippen LogP contribution < -0.4 is 20.5 Å². The van der Waals surface area contributed by atoms with Gasteiger partial charge < -0.3 is 20.5 Å². The summed E-state index contributed by atoms with van der Waals surface area (Å²) in [5.41, 5.74) is 7.62. The molecule has 1 unspecified atom stereocenters. The van der Waals surface area contributed by atoms with Gasteiger partial charge in [0, 0.05) is 18.2 Å². The van der Waals surface area contributed by atoms with Crippen molar-refractivity contribution >= 4 is 18.3 Å². The highest BCUT2D eigenvalue weighted by atomic mass is 35.5. The Morgan fingerprint density at radius 3 is 2.44 bits per heavy atom. The molecule has 0 fully saturated rings. The first-order chi connectivity index (χ1) is 12.5. The van der Waals surface area contributed by atoms with Gasteiger partial charge >= 0.3 is 0 Å². The van der Waals surface area contributed by atoms with E-state index in [-0.39, 0.29) is 24.4 Å². The molecule has 0 heterocycles. The number of halogens is 1. The second-order valence-electron chi connectivity index (χ2n) is 6.62. The van der Waals surface area contributed by atoms with E-state index >= 15 is 0 Å². The van der Waals surface area contributed by atoms with Gasteiger partial charge in [0.1, 0.15) is 0 Å². The number of nitrogens with one attached hydrogen (secondary N) is 1. The summed E-state index contributed by atoms with van der Waals surface area (Å²) in [6.45, 7) is 5.27. The van der Waals surface area contributed by atoms with Crippen molar-refractivity contribution in [2.24, 2.45) is 11.7 Å². The molecule has 5 nitrogen and oxygen atoms in total. The van der Waals surface area contributed by atoms with Crippen LogP contribution in [-0.4, -0.2) is 26.2 Å². The number of hydrogen-bond donors (Lipinski definition) is 2. The van der Waals surface area contributed by atoms with Crippen molar-refractivity contribution in [3.05, 3.63) is 59.7 Å². The maximum Gasteiger partial charge on any atom is 0.251 e. The Hall–Kier alpha value is -2.24. The predicted octanol–water partition coefficient (Wildman–Crippen LogP) is 3.97. The largest absolute Gasteiger partial charge is 0.493 e. The fourth-order valence-corrected chi connectivity index (χ4v) is 2.46. The zero-order chi connectivity index (χ0) is 18.9. The molecule has 0 aliphatic carbocycles. The van der Waals surface area contributed by atoms with Crippen molar-refractivity contribution in [1.29, 1.82) is 0 Å². The molecule has 0 bridgehead atoms. The van der Waals surface area contributed by atoms with Crippen molar-refractivity contribution in [3.63, 3.8) is 0 Å². The van der Waals surface area contributed by atoms with Gasteiger partial charge in [-0.3, -0.25) is 4.79 Å². The van der Waals surface area contributed by atoms with E-state index in [1.165, 1.54) is 0 Å². The summed E-state index contributed by atoms with van der Waals surface area (Å²) in [6, 6.07) is 14.6. The van der Waals surface area contributed by atoms with Crippen LogP contribution in [-0.2, 0) is 0 Å². The minimum Gasteiger partial charge on any atom is -0.493 e. The molecule has 1 atom stereocenters. The molecule has 1 amide bonds. The Labute approximate surface area is 167 Å². The summed E-state index contributed by atoms with van der Waals surface area (Å²) in [5, 5.41) is 2.87. The summed E-state index contributed by atoms with van der Waals surface area (Å²) in [5.74, 6) is 1.57. The molecule has 0 aromatic heterocycles. The molecule has 2 rings (SSSR count). The van der Waals surface area contributed by atoms with Gasteiger partial charge in [0.15, 0.2) is 11.5 Å². The summed E-state index contributed by atoms with van der Waals surface area (Å²) >= 11 is 0. The number of benzene rings is 2. The molecule has 6 heteroatoms. The summed E-state index contributed by atoms with van der Waals surface area (Å²) in [6.07, 6.45) is 0.961. The molecule has 0 spiro atoms. The molecule has 0 aliphatic heterocycles. The van der Waals surface area contributed by atoms with Gasteiger partial charge in [-0.05, 0) is 36.1 Å². The van der Waals surface area contributed by atoms with Gasteiger partial charge in [-0.15, -0.1) is 12.4 Å². The fourth-order valence-electron chi connectivity index (χ4n) is 2.46. The minimum absolute atomic E-state index is 0. The highest BCUT2D eigenvalue weighted by Gasteiger charge is 2.13. The lowest BCUT2D eigenvalue weighted by molar-refractivity contribution is 0.0950. The molecule has 3 N–H and O–H groups in total. The first kappa shape index (κ1) is 22.8. The maximum absolute atomic E-state index is 12.4. The first-order valence-corrected chi connectivity index (χ1v) is 8.90. The van der Waals surface area contributed by atoms with Crippen molar-refractivity contribution < 1.29 is 14.3 Å². The topological polar surface area (TPSA) is 73.6 Å². The molecular weight excluding hydrogens is 364 g/mol. The third-order valence-corrected chi connectivity index (χ3v) is 4.09. The molecule has 0 radical (unpaired) electrons. The number of hydrogen-bond acceptors (Lipinski definition) is 4. The number of carbonyl (C=O) groups excluding carboxylic acids is 1. The van der Waals surface area contributed by atoms with E-state index in [9.17, 15) is 4.79 Å². The van der Waals surface area contributed by atoms with E-state index in [1.807, 2.05) is 30.3 Å². The minimum atomic E-state index is -0.249. The molecular formula is C21H29ClN2O3. The quantitative estimate of drug-likeness (QED) is 0.677. The highest BCUT2D eigenvalue weighted by Crippen LogP contribution is 2.28. The van der Waals surface area contributed by atoms with Crippen LogP contribution in [0.1, 0.15) is 42.2 Å². The molecule has 0 saturated carbocycles. The van der Waals surface area contributed by atoms with E-state index in [4.69, 9.17) is 15.2 Å². The highest BCUT2D eigenvalue weighted by molar-refractivity contribution is 5.94. The van der Waals surface area contributed by atoms with E-state index in [1.54, 1.807) is 25.3 Å².